The molecule has 0 radical (unpaired) electrons. The Morgan fingerprint density at radius 1 is 1.42 bits per heavy atom. The van der Waals surface area contributed by atoms with Gasteiger partial charge in [-0.2, -0.15) is 0 Å². The number of hydrogen-bond acceptors (Lipinski definition) is 4. The number of esters is 1. The highest BCUT2D eigenvalue weighted by atomic mass is 32.1. The predicted molar refractivity (Wildman–Crippen MR) is 72.9 cm³/mol. The highest BCUT2D eigenvalue weighted by molar-refractivity contribution is 7.17. The number of carbonyl (C=O) groups excluding carboxylic acids is 1. The molecule has 0 bridgehead atoms. The molecule has 2 aromatic rings. The maximum atomic E-state index is 13.9. The van der Waals surface area contributed by atoms with Gasteiger partial charge in [-0.25, -0.2) is 14.2 Å². The summed E-state index contributed by atoms with van der Waals surface area (Å²) in [4.78, 5) is 16.4. The van der Waals surface area contributed by atoms with Crippen LogP contribution in [0.4, 0.5) is 4.39 Å². The summed E-state index contributed by atoms with van der Waals surface area (Å²) in [6, 6.07) is 4.86. The van der Waals surface area contributed by atoms with E-state index in [1.54, 1.807) is 19.9 Å². The van der Waals surface area contributed by atoms with Crippen LogP contribution in [0, 0.1) is 19.7 Å². The molecular formula is C14H14FNO2S. The molecule has 0 fully saturated rings. The van der Waals surface area contributed by atoms with Gasteiger partial charge >= 0.3 is 5.97 Å². The monoisotopic (exact) mass is 279 g/mol. The Hall–Kier alpha value is -1.75. The van der Waals surface area contributed by atoms with Crippen LogP contribution in [0.1, 0.15) is 27.9 Å². The molecule has 0 saturated heterocycles. The van der Waals surface area contributed by atoms with E-state index in [1.165, 1.54) is 6.07 Å². The fourth-order valence-electron chi connectivity index (χ4n) is 1.79. The summed E-state index contributed by atoms with van der Waals surface area (Å²) in [5, 5.41) is 0.510. The zero-order valence-corrected chi connectivity index (χ0v) is 11.8. The SMILES string of the molecule is CCOC(=O)c1sc(-c2c(C)cccc2F)nc1C. The molecule has 0 unspecified atom stereocenters. The van der Waals surface area contributed by atoms with Crippen molar-refractivity contribution in [3.8, 4) is 10.6 Å². The average molecular weight is 279 g/mol. The van der Waals surface area contributed by atoms with Crippen LogP contribution >= 0.6 is 11.3 Å². The van der Waals surface area contributed by atoms with Gasteiger partial charge in [-0.3, -0.25) is 0 Å². The summed E-state index contributed by atoms with van der Waals surface area (Å²) in [7, 11) is 0. The maximum absolute atomic E-state index is 13.9. The van der Waals surface area contributed by atoms with Crippen LogP contribution in [-0.2, 0) is 4.74 Å². The highest BCUT2D eigenvalue weighted by Gasteiger charge is 2.19. The molecule has 0 aliphatic rings. The van der Waals surface area contributed by atoms with E-state index in [4.69, 9.17) is 4.74 Å². The normalized spacial score (nSPS) is 10.5. The topological polar surface area (TPSA) is 39.2 Å². The Balaban J connectivity index is 2.48. The minimum absolute atomic E-state index is 0.310. The van der Waals surface area contributed by atoms with Gasteiger partial charge in [0.05, 0.1) is 12.3 Å². The Morgan fingerprint density at radius 3 is 2.79 bits per heavy atom. The summed E-state index contributed by atoms with van der Waals surface area (Å²) in [5.41, 5.74) is 1.82. The van der Waals surface area contributed by atoms with Crippen LogP contribution in [0.3, 0.4) is 0 Å². The van der Waals surface area contributed by atoms with E-state index in [0.29, 0.717) is 27.7 Å². The quantitative estimate of drug-likeness (QED) is 0.803. The Labute approximate surface area is 115 Å². The highest BCUT2D eigenvalue weighted by Crippen LogP contribution is 2.32. The minimum Gasteiger partial charge on any atom is -0.462 e. The van der Waals surface area contributed by atoms with E-state index < -0.39 is 5.97 Å². The molecule has 0 spiro atoms. The predicted octanol–water partition coefficient (Wildman–Crippen LogP) is 3.74. The lowest BCUT2D eigenvalue weighted by molar-refractivity contribution is 0.0531. The van der Waals surface area contributed by atoms with E-state index in [0.717, 1.165) is 16.9 Å². The first-order valence-corrected chi connectivity index (χ1v) is 6.76. The summed E-state index contributed by atoms with van der Waals surface area (Å²) < 4.78 is 18.8. The van der Waals surface area contributed by atoms with Gasteiger partial charge in [0.15, 0.2) is 0 Å². The van der Waals surface area contributed by atoms with Crippen LogP contribution in [0.5, 0.6) is 0 Å². The molecule has 3 nitrogen and oxygen atoms in total. The summed E-state index contributed by atoms with van der Waals surface area (Å²) >= 11 is 1.16. The number of aromatic nitrogens is 1. The van der Waals surface area contributed by atoms with Crippen molar-refractivity contribution in [1.82, 2.24) is 4.98 Å². The number of nitrogens with zero attached hydrogens (tertiary/aromatic N) is 1. The lowest BCUT2D eigenvalue weighted by Gasteiger charge is -2.02. The second-order valence-corrected chi connectivity index (χ2v) is 5.08. The van der Waals surface area contributed by atoms with Crippen molar-refractivity contribution in [2.45, 2.75) is 20.8 Å². The lowest BCUT2D eigenvalue weighted by atomic mass is 10.1. The fraction of sp³-hybridized carbons (Fsp3) is 0.286. The van der Waals surface area contributed by atoms with Crippen LogP contribution < -0.4 is 0 Å². The molecule has 0 aliphatic carbocycles. The van der Waals surface area contributed by atoms with Gasteiger partial charge in [0, 0.05) is 5.56 Å². The third kappa shape index (κ3) is 2.66. The van der Waals surface area contributed by atoms with E-state index >= 15 is 0 Å². The first kappa shape index (κ1) is 13.7. The van der Waals surface area contributed by atoms with Crippen molar-refractivity contribution in [2.75, 3.05) is 6.61 Å². The zero-order valence-electron chi connectivity index (χ0n) is 11.0. The fourth-order valence-corrected chi connectivity index (χ4v) is 2.86. The molecule has 19 heavy (non-hydrogen) atoms. The van der Waals surface area contributed by atoms with Gasteiger partial charge in [-0.15, -0.1) is 11.3 Å². The number of rotatable bonds is 3. The van der Waals surface area contributed by atoms with Crippen LogP contribution in [0.2, 0.25) is 0 Å². The second kappa shape index (κ2) is 5.48. The molecule has 100 valence electrons. The molecule has 0 N–H and O–H groups in total. The summed E-state index contributed by atoms with van der Waals surface area (Å²) in [5.74, 6) is -0.734. The van der Waals surface area contributed by atoms with Crippen molar-refractivity contribution >= 4 is 17.3 Å². The number of carbonyl (C=O) groups is 1. The lowest BCUT2D eigenvalue weighted by Crippen LogP contribution is -2.03. The third-order valence-electron chi connectivity index (χ3n) is 2.69. The Bertz CT molecular complexity index is 602. The van der Waals surface area contributed by atoms with E-state index in [2.05, 4.69) is 4.98 Å². The molecule has 0 aliphatic heterocycles. The van der Waals surface area contributed by atoms with Crippen LogP contribution in [0.15, 0.2) is 18.2 Å². The average Bonchev–Trinajstić information content (AvgIpc) is 2.71. The molecule has 0 amide bonds. The molecule has 2 rings (SSSR count). The number of benzene rings is 1. The standard InChI is InChI=1S/C14H14FNO2S/c1-4-18-14(17)12-9(3)16-13(19-12)11-8(2)6-5-7-10(11)15/h5-7H,4H2,1-3H3. The maximum Gasteiger partial charge on any atom is 0.350 e. The van der Waals surface area contributed by atoms with Gasteiger partial charge in [0.25, 0.3) is 0 Å². The molecule has 1 aromatic heterocycles. The Kier molecular flexibility index (Phi) is 3.95. The van der Waals surface area contributed by atoms with E-state index in [1.807, 2.05) is 13.0 Å². The zero-order chi connectivity index (χ0) is 14.0. The first-order valence-electron chi connectivity index (χ1n) is 5.94. The number of aryl methyl sites for hydroxylation is 2. The summed E-state index contributed by atoms with van der Waals surface area (Å²) in [6.07, 6.45) is 0. The smallest absolute Gasteiger partial charge is 0.350 e. The van der Waals surface area contributed by atoms with Gasteiger partial charge in [-0.1, -0.05) is 12.1 Å². The number of hydrogen-bond donors (Lipinski definition) is 0. The number of thiazole rings is 1. The molecule has 0 atom stereocenters. The molecule has 0 saturated carbocycles. The number of halogens is 1. The first-order chi connectivity index (χ1) is 9.04. The van der Waals surface area contributed by atoms with Gasteiger partial charge in [0.2, 0.25) is 0 Å². The third-order valence-corrected chi connectivity index (χ3v) is 3.85. The second-order valence-electron chi connectivity index (χ2n) is 4.09. The number of ether oxygens (including phenoxy) is 1. The van der Waals surface area contributed by atoms with Crippen molar-refractivity contribution < 1.29 is 13.9 Å². The van der Waals surface area contributed by atoms with Gasteiger partial charge in [-0.05, 0) is 32.4 Å². The van der Waals surface area contributed by atoms with Crippen molar-refractivity contribution in [1.29, 1.82) is 0 Å². The Morgan fingerprint density at radius 2 is 2.16 bits per heavy atom. The van der Waals surface area contributed by atoms with Crippen LogP contribution in [0.25, 0.3) is 10.6 Å². The molecule has 1 heterocycles. The largest absolute Gasteiger partial charge is 0.462 e. The van der Waals surface area contributed by atoms with E-state index in [9.17, 15) is 9.18 Å². The molecular weight excluding hydrogens is 265 g/mol. The van der Waals surface area contributed by atoms with Crippen molar-refractivity contribution in [3.63, 3.8) is 0 Å². The van der Waals surface area contributed by atoms with E-state index in [-0.39, 0.29) is 5.82 Å². The molecule has 1 aromatic carbocycles. The van der Waals surface area contributed by atoms with Gasteiger partial charge in [0.1, 0.15) is 15.7 Å². The van der Waals surface area contributed by atoms with Crippen molar-refractivity contribution in [3.05, 3.63) is 40.2 Å². The minimum atomic E-state index is -0.405. The van der Waals surface area contributed by atoms with Crippen LogP contribution in [-0.4, -0.2) is 17.6 Å². The van der Waals surface area contributed by atoms with Gasteiger partial charge < -0.3 is 4.74 Å². The van der Waals surface area contributed by atoms with Crippen molar-refractivity contribution in [2.24, 2.45) is 0 Å². The molecule has 5 heteroatoms. The summed E-state index contributed by atoms with van der Waals surface area (Å²) in [6.45, 7) is 5.60.